The third kappa shape index (κ3) is 4.96. The smallest absolute Gasteiger partial charge is 0.225 e. The fourth-order valence-electron chi connectivity index (χ4n) is 3.00. The predicted molar refractivity (Wildman–Crippen MR) is 99.6 cm³/mol. The van der Waals surface area contributed by atoms with Crippen molar-refractivity contribution in [1.29, 1.82) is 0 Å². The molecule has 0 radical (unpaired) electrons. The van der Waals surface area contributed by atoms with Crippen molar-refractivity contribution in [2.75, 3.05) is 45.1 Å². The second kappa shape index (κ2) is 9.27. The lowest BCUT2D eigenvalue weighted by Crippen LogP contribution is -2.43. The van der Waals surface area contributed by atoms with Gasteiger partial charge in [0, 0.05) is 44.7 Å². The number of hydrogen-bond acceptors (Lipinski definition) is 3. The highest BCUT2D eigenvalue weighted by Gasteiger charge is 2.24. The Kier molecular flexibility index (Phi) is 7.06. The maximum absolute atomic E-state index is 11.9. The van der Waals surface area contributed by atoms with Crippen LogP contribution in [0.4, 0.5) is 5.69 Å². The Balaban J connectivity index is 1.86. The normalized spacial score (nSPS) is 17.4. The molecule has 6 heteroatoms. The summed E-state index contributed by atoms with van der Waals surface area (Å²) in [6.45, 7) is 8.97. The Morgan fingerprint density at radius 1 is 1.29 bits per heavy atom. The van der Waals surface area contributed by atoms with E-state index in [-0.39, 0.29) is 11.8 Å². The van der Waals surface area contributed by atoms with Crippen molar-refractivity contribution in [1.82, 2.24) is 15.5 Å². The van der Waals surface area contributed by atoms with Crippen LogP contribution in [0.3, 0.4) is 0 Å². The number of benzene rings is 1. The Bertz CT molecular complexity index is 568. The minimum atomic E-state index is 0.0741. The SMILES string of the molecule is CCN(CC)CCNC(=NC)NCC1CC(=O)Nc2ccccc21. The molecule has 0 fully saturated rings. The van der Waals surface area contributed by atoms with Crippen molar-refractivity contribution in [3.63, 3.8) is 0 Å². The number of guanidine groups is 1. The van der Waals surface area contributed by atoms with Crippen molar-refractivity contribution in [2.45, 2.75) is 26.2 Å². The van der Waals surface area contributed by atoms with E-state index in [4.69, 9.17) is 0 Å². The molecule has 0 spiro atoms. The summed E-state index contributed by atoms with van der Waals surface area (Å²) in [6.07, 6.45) is 0.500. The van der Waals surface area contributed by atoms with Gasteiger partial charge in [0.2, 0.25) is 5.91 Å². The first-order valence-corrected chi connectivity index (χ1v) is 8.73. The standard InChI is InChI=1S/C18H29N5O/c1-4-23(5-2)11-10-20-18(19-3)21-13-14-12-17(24)22-16-9-7-6-8-15(14)16/h6-9,14H,4-5,10-13H2,1-3H3,(H,22,24)(H2,19,20,21). The minimum Gasteiger partial charge on any atom is -0.356 e. The first-order valence-electron chi connectivity index (χ1n) is 8.73. The van der Waals surface area contributed by atoms with Gasteiger partial charge in [0.05, 0.1) is 0 Å². The van der Waals surface area contributed by atoms with Crippen LogP contribution in [0.2, 0.25) is 0 Å². The van der Waals surface area contributed by atoms with Crippen LogP contribution in [0.25, 0.3) is 0 Å². The zero-order valence-corrected chi connectivity index (χ0v) is 14.9. The van der Waals surface area contributed by atoms with Gasteiger partial charge in [0.15, 0.2) is 5.96 Å². The largest absolute Gasteiger partial charge is 0.356 e. The molecule has 1 aliphatic heterocycles. The zero-order valence-electron chi connectivity index (χ0n) is 14.9. The Labute approximate surface area is 144 Å². The first-order chi connectivity index (χ1) is 11.7. The molecular weight excluding hydrogens is 302 g/mol. The molecule has 24 heavy (non-hydrogen) atoms. The third-order valence-electron chi connectivity index (χ3n) is 4.46. The molecule has 0 aromatic heterocycles. The number of anilines is 1. The van der Waals surface area contributed by atoms with Crippen molar-refractivity contribution in [3.8, 4) is 0 Å². The number of carbonyl (C=O) groups excluding carboxylic acids is 1. The molecule has 0 saturated heterocycles. The number of likely N-dealkylation sites (N-methyl/N-ethyl adjacent to an activating group) is 1. The van der Waals surface area contributed by atoms with Gasteiger partial charge in [-0.05, 0) is 24.7 Å². The highest BCUT2D eigenvalue weighted by atomic mass is 16.1. The summed E-state index contributed by atoms with van der Waals surface area (Å²) in [5.74, 6) is 1.02. The molecule has 1 atom stereocenters. The van der Waals surface area contributed by atoms with Crippen LogP contribution in [0.1, 0.15) is 31.7 Å². The summed E-state index contributed by atoms with van der Waals surface area (Å²) in [4.78, 5) is 18.5. The van der Waals surface area contributed by atoms with Crippen LogP contribution in [-0.4, -0.2) is 56.5 Å². The molecule has 0 saturated carbocycles. The van der Waals surface area contributed by atoms with Crippen molar-refractivity contribution >= 4 is 17.6 Å². The van der Waals surface area contributed by atoms with Crippen LogP contribution < -0.4 is 16.0 Å². The van der Waals surface area contributed by atoms with Crippen molar-refractivity contribution < 1.29 is 4.79 Å². The van der Waals surface area contributed by atoms with Gasteiger partial charge in [-0.2, -0.15) is 0 Å². The van der Waals surface area contributed by atoms with Crippen LogP contribution >= 0.6 is 0 Å². The average Bonchev–Trinajstić information content (AvgIpc) is 2.61. The maximum atomic E-state index is 11.9. The summed E-state index contributed by atoms with van der Waals surface area (Å²) < 4.78 is 0. The Morgan fingerprint density at radius 3 is 2.75 bits per heavy atom. The molecule has 1 aromatic carbocycles. The van der Waals surface area contributed by atoms with Crippen LogP contribution in [0, 0.1) is 0 Å². The van der Waals surface area contributed by atoms with Crippen LogP contribution in [0.5, 0.6) is 0 Å². The number of rotatable bonds is 7. The van der Waals surface area contributed by atoms with E-state index < -0.39 is 0 Å². The van der Waals surface area contributed by atoms with Crippen molar-refractivity contribution in [2.24, 2.45) is 4.99 Å². The number of amides is 1. The number of fused-ring (bicyclic) bond motifs is 1. The fraction of sp³-hybridized carbons (Fsp3) is 0.556. The summed E-state index contributed by atoms with van der Waals surface area (Å²) >= 11 is 0. The lowest BCUT2D eigenvalue weighted by atomic mass is 9.90. The summed E-state index contributed by atoms with van der Waals surface area (Å²) in [6, 6.07) is 8.00. The molecular formula is C18H29N5O. The Hall–Kier alpha value is -2.08. The highest BCUT2D eigenvalue weighted by molar-refractivity contribution is 5.94. The maximum Gasteiger partial charge on any atom is 0.225 e. The van der Waals surface area contributed by atoms with E-state index in [0.717, 1.165) is 37.8 Å². The number of nitrogens with one attached hydrogen (secondary N) is 3. The number of hydrogen-bond donors (Lipinski definition) is 3. The van der Waals surface area contributed by atoms with E-state index in [1.165, 1.54) is 5.56 Å². The molecule has 1 unspecified atom stereocenters. The molecule has 0 aliphatic carbocycles. The van der Waals surface area contributed by atoms with Crippen LogP contribution in [0.15, 0.2) is 29.3 Å². The minimum absolute atomic E-state index is 0.0741. The molecule has 132 valence electrons. The summed E-state index contributed by atoms with van der Waals surface area (Å²) in [5.41, 5.74) is 2.10. The summed E-state index contributed by atoms with van der Waals surface area (Å²) in [5, 5.41) is 9.62. The summed E-state index contributed by atoms with van der Waals surface area (Å²) in [7, 11) is 1.77. The molecule has 0 bridgehead atoms. The van der Waals surface area contributed by atoms with Crippen LogP contribution in [-0.2, 0) is 4.79 Å². The number of carbonyl (C=O) groups is 1. The van der Waals surface area contributed by atoms with Crippen molar-refractivity contribution in [3.05, 3.63) is 29.8 Å². The van der Waals surface area contributed by atoms with E-state index in [2.05, 4.69) is 45.8 Å². The quantitative estimate of drug-likeness (QED) is 0.525. The lowest BCUT2D eigenvalue weighted by Gasteiger charge is -2.26. The van der Waals surface area contributed by atoms with E-state index in [1.54, 1.807) is 7.05 Å². The fourth-order valence-corrected chi connectivity index (χ4v) is 3.00. The van der Waals surface area contributed by atoms with Gasteiger partial charge in [0.1, 0.15) is 0 Å². The molecule has 1 aliphatic rings. The van der Waals surface area contributed by atoms with E-state index in [1.807, 2.05) is 18.2 Å². The second-order valence-electron chi connectivity index (χ2n) is 5.94. The Morgan fingerprint density at radius 2 is 2.04 bits per heavy atom. The molecule has 2 rings (SSSR count). The van der Waals surface area contributed by atoms with Gasteiger partial charge in [0.25, 0.3) is 0 Å². The van der Waals surface area contributed by atoms with Gasteiger partial charge in [-0.25, -0.2) is 0 Å². The second-order valence-corrected chi connectivity index (χ2v) is 5.94. The number of nitrogens with zero attached hydrogens (tertiary/aromatic N) is 2. The molecule has 1 aromatic rings. The highest BCUT2D eigenvalue weighted by Crippen LogP contribution is 2.31. The lowest BCUT2D eigenvalue weighted by molar-refractivity contribution is -0.116. The van der Waals surface area contributed by atoms with E-state index >= 15 is 0 Å². The monoisotopic (exact) mass is 331 g/mol. The molecule has 3 N–H and O–H groups in total. The number of para-hydroxylation sites is 1. The first kappa shape index (κ1) is 18.3. The molecule has 6 nitrogen and oxygen atoms in total. The van der Waals surface area contributed by atoms with Gasteiger partial charge < -0.3 is 20.9 Å². The third-order valence-corrected chi connectivity index (χ3v) is 4.46. The van der Waals surface area contributed by atoms with Gasteiger partial charge in [-0.3, -0.25) is 9.79 Å². The van der Waals surface area contributed by atoms with Gasteiger partial charge in [-0.15, -0.1) is 0 Å². The molecule has 1 heterocycles. The van der Waals surface area contributed by atoms with Gasteiger partial charge in [-0.1, -0.05) is 32.0 Å². The average molecular weight is 331 g/mol. The van der Waals surface area contributed by atoms with E-state index in [9.17, 15) is 4.79 Å². The zero-order chi connectivity index (χ0) is 17.4. The predicted octanol–water partition coefficient (Wildman–Crippen LogP) is 1.62. The molecule has 1 amide bonds. The van der Waals surface area contributed by atoms with E-state index in [0.29, 0.717) is 13.0 Å². The number of aliphatic imine (C=N–C) groups is 1. The van der Waals surface area contributed by atoms with Gasteiger partial charge >= 0.3 is 0 Å². The topological polar surface area (TPSA) is 68.8 Å².